The third-order valence-electron chi connectivity index (χ3n) is 4.42. The summed E-state index contributed by atoms with van der Waals surface area (Å²) >= 11 is 1.46. The molecule has 0 saturated heterocycles. The second-order valence-corrected chi connectivity index (χ2v) is 7.12. The molecule has 2 heterocycles. The van der Waals surface area contributed by atoms with Crippen LogP contribution in [-0.2, 0) is 4.84 Å². The summed E-state index contributed by atoms with van der Waals surface area (Å²) in [5, 5.41) is 12.5. The molecule has 0 bridgehead atoms. The van der Waals surface area contributed by atoms with Crippen molar-refractivity contribution >= 4 is 23.0 Å². The van der Waals surface area contributed by atoms with Gasteiger partial charge in [0.2, 0.25) is 0 Å². The van der Waals surface area contributed by atoms with Crippen molar-refractivity contribution in [3.05, 3.63) is 77.8 Å². The molecule has 0 saturated carbocycles. The number of pyridine rings is 1. The lowest BCUT2D eigenvalue weighted by molar-refractivity contribution is -0.829. The fraction of sp³-hybridized carbons (Fsp3) is 0.0455. The fourth-order valence-electron chi connectivity index (χ4n) is 3.10. The Balaban J connectivity index is 1.76. The predicted molar refractivity (Wildman–Crippen MR) is 112 cm³/mol. The van der Waals surface area contributed by atoms with Gasteiger partial charge in [-0.3, -0.25) is 4.98 Å². The van der Waals surface area contributed by atoms with Crippen LogP contribution in [-0.4, -0.2) is 28.2 Å². The molecule has 7 heteroatoms. The number of carboxylic acid groups (broad SMARTS) is 1. The van der Waals surface area contributed by atoms with Crippen LogP contribution in [0.15, 0.2) is 72.2 Å². The lowest BCUT2D eigenvalue weighted by Gasteiger charge is -2.10. The summed E-state index contributed by atoms with van der Waals surface area (Å²) < 4.78 is 0. The van der Waals surface area contributed by atoms with E-state index in [4.69, 9.17) is 4.84 Å². The van der Waals surface area contributed by atoms with Gasteiger partial charge in [-0.15, -0.1) is 11.3 Å². The Morgan fingerprint density at radius 3 is 2.62 bits per heavy atom. The number of aromatic nitrogens is 2. The summed E-state index contributed by atoms with van der Waals surface area (Å²) in [7, 11) is 1.57. The Kier molecular flexibility index (Phi) is 5.44. The molecule has 2 aromatic heterocycles. The van der Waals surface area contributed by atoms with Crippen molar-refractivity contribution in [2.45, 2.75) is 0 Å². The number of benzene rings is 2. The molecule has 0 aliphatic heterocycles. The van der Waals surface area contributed by atoms with E-state index >= 15 is 0 Å². The van der Waals surface area contributed by atoms with E-state index < -0.39 is 5.97 Å². The largest absolute Gasteiger partial charge is 0.478 e. The maximum atomic E-state index is 12.0. The standard InChI is InChI=1S/C22H17N3O3S/c1-28-25-18-7-3-2-6-16(18)15-10-9-14(12-17(15)22(26)27)21-24-20(13-29-21)19-8-4-5-11-23-19/h2-13,25H,1H3,(H,26,27)/p+1. The summed E-state index contributed by atoms with van der Waals surface area (Å²) in [5.74, 6) is -0.990. The summed E-state index contributed by atoms with van der Waals surface area (Å²) in [6.45, 7) is 0. The smallest absolute Gasteiger partial charge is 0.336 e. The van der Waals surface area contributed by atoms with Gasteiger partial charge in [0, 0.05) is 34.3 Å². The Labute approximate surface area is 171 Å². The van der Waals surface area contributed by atoms with Gasteiger partial charge in [0.1, 0.15) is 10.7 Å². The van der Waals surface area contributed by atoms with Crippen LogP contribution in [0.1, 0.15) is 10.4 Å². The molecule has 4 rings (SSSR count). The van der Waals surface area contributed by atoms with E-state index in [0.29, 0.717) is 5.56 Å². The van der Waals surface area contributed by atoms with Crippen LogP contribution in [0.25, 0.3) is 33.1 Å². The second-order valence-electron chi connectivity index (χ2n) is 6.26. The minimum atomic E-state index is -0.990. The molecular weight excluding hydrogens is 386 g/mol. The molecule has 6 nitrogen and oxygen atoms in total. The number of thiazole rings is 1. The van der Waals surface area contributed by atoms with Crippen molar-refractivity contribution in [1.29, 1.82) is 0 Å². The molecule has 0 spiro atoms. The van der Waals surface area contributed by atoms with Crippen molar-refractivity contribution in [2.75, 3.05) is 7.11 Å². The first-order valence-corrected chi connectivity index (χ1v) is 9.75. The second kappa shape index (κ2) is 8.32. The van der Waals surface area contributed by atoms with Gasteiger partial charge in [-0.1, -0.05) is 30.3 Å². The number of carboxylic acids is 1. The first-order chi connectivity index (χ1) is 14.2. The number of nitrogens with two attached hydrogens (primary N) is 1. The van der Waals surface area contributed by atoms with Crippen molar-refractivity contribution in [3.63, 3.8) is 0 Å². The van der Waals surface area contributed by atoms with Crippen molar-refractivity contribution < 1.29 is 20.2 Å². The van der Waals surface area contributed by atoms with E-state index in [0.717, 1.165) is 33.2 Å². The van der Waals surface area contributed by atoms with Gasteiger partial charge in [-0.05, 0) is 24.3 Å². The Hall–Kier alpha value is -3.39. The molecule has 3 N–H and O–H groups in total. The maximum Gasteiger partial charge on any atom is 0.336 e. The third-order valence-corrected chi connectivity index (χ3v) is 5.32. The molecule has 29 heavy (non-hydrogen) atoms. The normalized spacial score (nSPS) is 10.8. The third kappa shape index (κ3) is 3.93. The SMILES string of the molecule is CO[NH2+]c1ccccc1-c1ccc(-c2nc(-c3ccccn3)cs2)cc1C(=O)O. The topological polar surface area (TPSA) is 88.9 Å². The highest BCUT2D eigenvalue weighted by molar-refractivity contribution is 7.13. The zero-order valence-electron chi connectivity index (χ0n) is 15.6. The Bertz CT molecular complexity index is 1160. The van der Waals surface area contributed by atoms with E-state index in [-0.39, 0.29) is 5.56 Å². The van der Waals surface area contributed by atoms with E-state index in [1.807, 2.05) is 60.0 Å². The molecule has 0 aliphatic rings. The van der Waals surface area contributed by atoms with Crippen LogP contribution in [0.2, 0.25) is 0 Å². The highest BCUT2D eigenvalue weighted by Gasteiger charge is 2.18. The van der Waals surface area contributed by atoms with Gasteiger partial charge >= 0.3 is 5.97 Å². The van der Waals surface area contributed by atoms with Gasteiger partial charge in [0.05, 0.1) is 18.4 Å². The molecule has 0 atom stereocenters. The molecule has 0 aliphatic carbocycles. The van der Waals surface area contributed by atoms with Gasteiger partial charge in [-0.2, -0.15) is 5.48 Å². The van der Waals surface area contributed by atoms with Crippen molar-refractivity contribution in [3.8, 4) is 33.1 Å². The van der Waals surface area contributed by atoms with Gasteiger partial charge in [0.25, 0.3) is 0 Å². The first kappa shape index (κ1) is 18.9. The van der Waals surface area contributed by atoms with E-state index in [9.17, 15) is 9.90 Å². The predicted octanol–water partition coefficient (Wildman–Crippen LogP) is 3.99. The van der Waals surface area contributed by atoms with Gasteiger partial charge in [-0.25, -0.2) is 14.6 Å². The van der Waals surface area contributed by atoms with E-state index in [1.54, 1.807) is 24.9 Å². The number of nitrogens with zero attached hydrogens (tertiary/aromatic N) is 2. The molecule has 0 radical (unpaired) electrons. The number of quaternary nitrogens is 1. The van der Waals surface area contributed by atoms with Crippen molar-refractivity contribution in [1.82, 2.24) is 9.97 Å². The molecule has 144 valence electrons. The van der Waals surface area contributed by atoms with Crippen LogP contribution in [0.3, 0.4) is 0 Å². The zero-order chi connectivity index (χ0) is 20.2. The quantitative estimate of drug-likeness (QED) is 0.375. The minimum Gasteiger partial charge on any atom is -0.478 e. The molecular formula is C22H18N3O3S+. The number of hydrogen-bond donors (Lipinski definition) is 2. The molecule has 0 amide bonds. The molecule has 2 aromatic carbocycles. The maximum absolute atomic E-state index is 12.0. The zero-order valence-corrected chi connectivity index (χ0v) is 16.4. The Morgan fingerprint density at radius 1 is 1.03 bits per heavy atom. The van der Waals surface area contributed by atoms with Gasteiger partial charge in [0.15, 0.2) is 5.69 Å². The summed E-state index contributed by atoms with van der Waals surface area (Å²) in [6.07, 6.45) is 1.72. The molecule has 0 fully saturated rings. The monoisotopic (exact) mass is 404 g/mol. The van der Waals surface area contributed by atoms with E-state index in [1.165, 1.54) is 11.3 Å². The number of rotatable bonds is 6. The molecule has 0 unspecified atom stereocenters. The van der Waals surface area contributed by atoms with Gasteiger partial charge < -0.3 is 5.11 Å². The summed E-state index contributed by atoms with van der Waals surface area (Å²) in [6, 6.07) is 18.6. The number of aromatic carboxylic acids is 1. The van der Waals surface area contributed by atoms with Crippen LogP contribution in [0.4, 0.5) is 5.69 Å². The first-order valence-electron chi connectivity index (χ1n) is 8.87. The highest BCUT2D eigenvalue weighted by Crippen LogP contribution is 2.34. The Morgan fingerprint density at radius 2 is 1.86 bits per heavy atom. The van der Waals surface area contributed by atoms with Crippen LogP contribution in [0.5, 0.6) is 0 Å². The van der Waals surface area contributed by atoms with Crippen LogP contribution >= 0.6 is 11.3 Å². The minimum absolute atomic E-state index is 0.217. The van der Waals surface area contributed by atoms with Crippen LogP contribution < -0.4 is 5.48 Å². The number of hydrogen-bond acceptors (Lipinski definition) is 5. The number of carbonyl (C=O) groups is 1. The summed E-state index contributed by atoms with van der Waals surface area (Å²) in [4.78, 5) is 26.1. The average molecular weight is 404 g/mol. The summed E-state index contributed by atoms with van der Waals surface area (Å²) in [5.41, 5.74) is 6.38. The van der Waals surface area contributed by atoms with Crippen molar-refractivity contribution in [2.24, 2.45) is 0 Å². The lowest BCUT2D eigenvalue weighted by atomic mass is 9.96. The highest BCUT2D eigenvalue weighted by atomic mass is 32.1. The van der Waals surface area contributed by atoms with E-state index in [2.05, 4.69) is 9.97 Å². The lowest BCUT2D eigenvalue weighted by Crippen LogP contribution is -2.76. The molecule has 4 aromatic rings. The fourth-order valence-corrected chi connectivity index (χ4v) is 3.91. The average Bonchev–Trinajstić information content (AvgIpc) is 3.25. The van der Waals surface area contributed by atoms with Crippen LogP contribution in [0, 0.1) is 0 Å².